The Morgan fingerprint density at radius 3 is 2.79 bits per heavy atom. The molecule has 4 heteroatoms. The van der Waals surface area contributed by atoms with Gasteiger partial charge in [-0.3, -0.25) is 4.79 Å². The molecule has 19 heavy (non-hydrogen) atoms. The molecule has 0 N–H and O–H groups in total. The monoisotopic (exact) mass is 282 g/mol. The van der Waals surface area contributed by atoms with Crippen molar-refractivity contribution in [2.45, 2.75) is 51.4 Å². The summed E-state index contributed by atoms with van der Waals surface area (Å²) in [5.74, 6) is -0.236. The average Bonchev–Trinajstić information content (AvgIpc) is 2.38. The van der Waals surface area contributed by atoms with Gasteiger partial charge in [0.1, 0.15) is 6.10 Å². The Morgan fingerprint density at radius 2 is 2.16 bits per heavy atom. The zero-order valence-corrected chi connectivity index (χ0v) is 12.0. The molecule has 0 aromatic heterocycles. The fourth-order valence-corrected chi connectivity index (χ4v) is 2.76. The molecular formula is C15H19ClO3. The minimum atomic E-state index is -0.236. The number of hydrogen-bond acceptors (Lipinski definition) is 3. The van der Waals surface area contributed by atoms with Crippen molar-refractivity contribution in [1.29, 1.82) is 0 Å². The maximum Gasteiger partial charge on any atom is 0.302 e. The number of carbonyl (C=O) groups is 1. The number of ether oxygens (including phenoxy) is 2. The van der Waals surface area contributed by atoms with Gasteiger partial charge in [0.25, 0.3) is 0 Å². The lowest BCUT2D eigenvalue weighted by atomic mass is 9.95. The number of carbonyl (C=O) groups excluding carboxylic acids is 1. The first kappa shape index (κ1) is 14.4. The van der Waals surface area contributed by atoms with Gasteiger partial charge in [0.05, 0.1) is 12.2 Å². The van der Waals surface area contributed by atoms with Gasteiger partial charge in [0, 0.05) is 24.8 Å². The first-order chi connectivity index (χ1) is 9.10. The Balaban J connectivity index is 2.15. The molecule has 3 nitrogen and oxygen atoms in total. The summed E-state index contributed by atoms with van der Waals surface area (Å²) in [5, 5.41) is 0.700. The minimum Gasteiger partial charge on any atom is -0.462 e. The van der Waals surface area contributed by atoms with Crippen molar-refractivity contribution in [3.63, 3.8) is 0 Å². The van der Waals surface area contributed by atoms with Crippen molar-refractivity contribution in [3.8, 4) is 0 Å². The van der Waals surface area contributed by atoms with E-state index >= 15 is 0 Å². The molecule has 0 spiro atoms. The first-order valence-electron chi connectivity index (χ1n) is 6.67. The SMILES string of the molecule is CC[C@H]1C[C@@H](OC(C)=O)C[C@@H](c2ccccc2Cl)O1. The van der Waals surface area contributed by atoms with Crippen LogP contribution in [-0.4, -0.2) is 18.2 Å². The van der Waals surface area contributed by atoms with E-state index in [1.165, 1.54) is 6.92 Å². The Kier molecular flexibility index (Phi) is 4.83. The van der Waals surface area contributed by atoms with Gasteiger partial charge in [0.15, 0.2) is 0 Å². The molecule has 104 valence electrons. The predicted octanol–water partition coefficient (Wildman–Crippen LogP) is 3.90. The topological polar surface area (TPSA) is 35.5 Å². The van der Waals surface area contributed by atoms with Crippen LogP contribution in [0.5, 0.6) is 0 Å². The van der Waals surface area contributed by atoms with Gasteiger partial charge < -0.3 is 9.47 Å². The van der Waals surface area contributed by atoms with Crippen LogP contribution in [0.3, 0.4) is 0 Å². The van der Waals surface area contributed by atoms with E-state index in [0.29, 0.717) is 11.4 Å². The second kappa shape index (κ2) is 6.40. The zero-order chi connectivity index (χ0) is 13.8. The Morgan fingerprint density at radius 1 is 1.42 bits per heavy atom. The van der Waals surface area contributed by atoms with Crippen LogP contribution in [0.15, 0.2) is 24.3 Å². The first-order valence-corrected chi connectivity index (χ1v) is 7.05. The van der Waals surface area contributed by atoms with Crippen LogP contribution >= 0.6 is 11.6 Å². The molecule has 1 aromatic rings. The van der Waals surface area contributed by atoms with E-state index < -0.39 is 0 Å². The zero-order valence-electron chi connectivity index (χ0n) is 11.3. The summed E-state index contributed by atoms with van der Waals surface area (Å²) < 4.78 is 11.4. The number of rotatable bonds is 3. The third kappa shape index (κ3) is 3.71. The highest BCUT2D eigenvalue weighted by Crippen LogP contribution is 2.36. The van der Waals surface area contributed by atoms with Crippen LogP contribution in [0.2, 0.25) is 5.02 Å². The van der Waals surface area contributed by atoms with Crippen molar-refractivity contribution >= 4 is 17.6 Å². The Bertz CT molecular complexity index is 447. The van der Waals surface area contributed by atoms with Crippen LogP contribution in [0.1, 0.15) is 44.8 Å². The third-order valence-corrected chi connectivity index (χ3v) is 3.74. The van der Waals surface area contributed by atoms with E-state index in [9.17, 15) is 4.79 Å². The lowest BCUT2D eigenvalue weighted by Crippen LogP contribution is -2.33. The van der Waals surface area contributed by atoms with Crippen LogP contribution < -0.4 is 0 Å². The summed E-state index contributed by atoms with van der Waals surface area (Å²) in [7, 11) is 0. The molecule has 0 saturated carbocycles. The molecule has 0 radical (unpaired) electrons. The van der Waals surface area contributed by atoms with E-state index in [-0.39, 0.29) is 24.3 Å². The van der Waals surface area contributed by atoms with Crippen molar-refractivity contribution in [2.75, 3.05) is 0 Å². The summed E-state index contributed by atoms with van der Waals surface area (Å²) in [6.07, 6.45) is 2.25. The Labute approximate surface area is 118 Å². The lowest BCUT2D eigenvalue weighted by Gasteiger charge is -2.35. The molecule has 1 saturated heterocycles. The molecule has 1 fully saturated rings. The van der Waals surface area contributed by atoms with E-state index in [2.05, 4.69) is 6.92 Å². The van der Waals surface area contributed by atoms with Gasteiger partial charge in [-0.15, -0.1) is 0 Å². The van der Waals surface area contributed by atoms with Crippen LogP contribution in [0.25, 0.3) is 0 Å². The van der Waals surface area contributed by atoms with Gasteiger partial charge in [0.2, 0.25) is 0 Å². The summed E-state index contributed by atoms with van der Waals surface area (Å²) >= 11 is 6.21. The van der Waals surface area contributed by atoms with Gasteiger partial charge in [-0.1, -0.05) is 36.7 Å². The summed E-state index contributed by atoms with van der Waals surface area (Å²) in [6.45, 7) is 3.52. The molecule has 0 aliphatic carbocycles. The number of esters is 1. The van der Waals surface area contributed by atoms with E-state index in [1.807, 2.05) is 24.3 Å². The van der Waals surface area contributed by atoms with Crippen LogP contribution in [-0.2, 0) is 14.3 Å². The second-order valence-corrected chi connectivity index (χ2v) is 5.29. The lowest BCUT2D eigenvalue weighted by molar-refractivity contribution is -0.160. The van der Waals surface area contributed by atoms with E-state index in [0.717, 1.165) is 18.4 Å². The highest BCUT2D eigenvalue weighted by Gasteiger charge is 2.32. The van der Waals surface area contributed by atoms with Crippen molar-refractivity contribution in [2.24, 2.45) is 0 Å². The molecule has 1 heterocycles. The highest BCUT2D eigenvalue weighted by atomic mass is 35.5. The molecule has 1 aliphatic heterocycles. The van der Waals surface area contributed by atoms with Crippen LogP contribution in [0, 0.1) is 0 Å². The molecular weight excluding hydrogens is 264 g/mol. The number of halogens is 1. The van der Waals surface area contributed by atoms with Gasteiger partial charge in [-0.05, 0) is 18.1 Å². The minimum absolute atomic E-state index is 0.0857. The van der Waals surface area contributed by atoms with Gasteiger partial charge in [-0.25, -0.2) is 0 Å². The summed E-state index contributed by atoms with van der Waals surface area (Å²) in [5.41, 5.74) is 0.972. The number of hydrogen-bond donors (Lipinski definition) is 0. The largest absolute Gasteiger partial charge is 0.462 e. The fraction of sp³-hybridized carbons (Fsp3) is 0.533. The van der Waals surface area contributed by atoms with Gasteiger partial charge >= 0.3 is 5.97 Å². The van der Waals surface area contributed by atoms with E-state index in [1.54, 1.807) is 0 Å². The van der Waals surface area contributed by atoms with Crippen molar-refractivity contribution in [1.82, 2.24) is 0 Å². The molecule has 0 unspecified atom stereocenters. The quantitative estimate of drug-likeness (QED) is 0.789. The maximum absolute atomic E-state index is 11.1. The standard InChI is InChI=1S/C15H19ClO3/c1-3-11-8-12(18-10(2)17)9-15(19-11)13-6-4-5-7-14(13)16/h4-7,11-12,15H,3,8-9H2,1-2H3/t11-,12+,15-/m0/s1. The van der Waals surface area contributed by atoms with Crippen molar-refractivity contribution in [3.05, 3.63) is 34.9 Å². The molecule has 0 bridgehead atoms. The molecule has 0 amide bonds. The molecule has 1 aliphatic rings. The highest BCUT2D eigenvalue weighted by molar-refractivity contribution is 6.31. The summed E-state index contributed by atoms with van der Waals surface area (Å²) in [4.78, 5) is 11.1. The maximum atomic E-state index is 11.1. The summed E-state index contributed by atoms with van der Waals surface area (Å²) in [6, 6.07) is 7.67. The smallest absolute Gasteiger partial charge is 0.302 e. The molecule has 3 atom stereocenters. The van der Waals surface area contributed by atoms with Gasteiger partial charge in [-0.2, -0.15) is 0 Å². The molecule has 1 aromatic carbocycles. The second-order valence-electron chi connectivity index (χ2n) is 4.88. The fourth-order valence-electron chi connectivity index (χ4n) is 2.50. The Hall–Kier alpha value is -1.06. The molecule has 2 rings (SSSR count). The van der Waals surface area contributed by atoms with E-state index in [4.69, 9.17) is 21.1 Å². The average molecular weight is 283 g/mol. The van der Waals surface area contributed by atoms with Crippen LogP contribution in [0.4, 0.5) is 0 Å². The normalized spacial score (nSPS) is 27.0. The van der Waals surface area contributed by atoms with Crippen molar-refractivity contribution < 1.29 is 14.3 Å². The number of benzene rings is 1. The predicted molar refractivity (Wildman–Crippen MR) is 74.1 cm³/mol. The third-order valence-electron chi connectivity index (χ3n) is 3.40.